The number of rotatable bonds is 9. The standard InChI is InChI=1S/C19H29NO6/c1-8-13(3)20(11-12(2)19(22)26-7)18(21)14-9-15(23-4)17(25-6)16(10-14)24-5/h9-10,12-13H,8,11H2,1-7H3. The summed E-state index contributed by atoms with van der Waals surface area (Å²) in [6, 6.07) is 3.18. The number of hydrogen-bond acceptors (Lipinski definition) is 6. The van der Waals surface area contributed by atoms with Crippen molar-refractivity contribution in [3.05, 3.63) is 17.7 Å². The van der Waals surface area contributed by atoms with Crippen molar-refractivity contribution in [1.29, 1.82) is 0 Å². The molecule has 0 aliphatic heterocycles. The van der Waals surface area contributed by atoms with E-state index < -0.39 is 5.92 Å². The van der Waals surface area contributed by atoms with Crippen LogP contribution in [0, 0.1) is 5.92 Å². The van der Waals surface area contributed by atoms with Crippen molar-refractivity contribution in [2.24, 2.45) is 5.92 Å². The van der Waals surface area contributed by atoms with Gasteiger partial charge >= 0.3 is 5.97 Å². The molecule has 26 heavy (non-hydrogen) atoms. The molecule has 0 aliphatic carbocycles. The Morgan fingerprint density at radius 2 is 1.54 bits per heavy atom. The van der Waals surface area contributed by atoms with Crippen LogP contribution in [0.3, 0.4) is 0 Å². The van der Waals surface area contributed by atoms with Gasteiger partial charge in [-0.15, -0.1) is 0 Å². The quantitative estimate of drug-likeness (QED) is 0.625. The second-order valence-electron chi connectivity index (χ2n) is 6.05. The third-order valence-electron chi connectivity index (χ3n) is 4.37. The van der Waals surface area contributed by atoms with Crippen LogP contribution in [0.15, 0.2) is 12.1 Å². The highest BCUT2D eigenvalue weighted by Gasteiger charge is 2.27. The second-order valence-corrected chi connectivity index (χ2v) is 6.05. The van der Waals surface area contributed by atoms with Gasteiger partial charge in [0.25, 0.3) is 5.91 Å². The predicted molar refractivity (Wildman–Crippen MR) is 98.1 cm³/mol. The minimum Gasteiger partial charge on any atom is -0.493 e. The molecular weight excluding hydrogens is 338 g/mol. The minimum atomic E-state index is -0.431. The molecule has 0 bridgehead atoms. The van der Waals surface area contributed by atoms with Gasteiger partial charge in [-0.3, -0.25) is 9.59 Å². The zero-order valence-corrected chi connectivity index (χ0v) is 16.6. The van der Waals surface area contributed by atoms with Gasteiger partial charge < -0.3 is 23.8 Å². The Balaban J connectivity index is 3.28. The molecule has 7 nitrogen and oxygen atoms in total. The van der Waals surface area contributed by atoms with Crippen LogP contribution < -0.4 is 14.2 Å². The van der Waals surface area contributed by atoms with E-state index in [1.54, 1.807) is 24.0 Å². The molecule has 0 saturated carbocycles. The maximum absolute atomic E-state index is 13.1. The summed E-state index contributed by atoms with van der Waals surface area (Å²) in [5, 5.41) is 0. The first kappa shape index (κ1) is 21.6. The lowest BCUT2D eigenvalue weighted by molar-refractivity contribution is -0.145. The van der Waals surface area contributed by atoms with E-state index in [1.807, 2.05) is 13.8 Å². The van der Waals surface area contributed by atoms with E-state index in [4.69, 9.17) is 18.9 Å². The Bertz CT molecular complexity index is 605. The van der Waals surface area contributed by atoms with Crippen molar-refractivity contribution in [2.75, 3.05) is 35.0 Å². The summed E-state index contributed by atoms with van der Waals surface area (Å²) < 4.78 is 20.7. The highest BCUT2D eigenvalue weighted by Crippen LogP contribution is 2.38. The van der Waals surface area contributed by atoms with Crippen molar-refractivity contribution >= 4 is 11.9 Å². The van der Waals surface area contributed by atoms with E-state index in [9.17, 15) is 9.59 Å². The van der Waals surface area contributed by atoms with E-state index in [1.165, 1.54) is 28.4 Å². The molecule has 1 rings (SSSR count). The van der Waals surface area contributed by atoms with Gasteiger partial charge in [0.05, 0.1) is 34.4 Å². The van der Waals surface area contributed by atoms with Crippen LogP contribution in [0.2, 0.25) is 0 Å². The van der Waals surface area contributed by atoms with Gasteiger partial charge in [0.2, 0.25) is 5.75 Å². The molecule has 1 aromatic carbocycles. The van der Waals surface area contributed by atoms with Crippen molar-refractivity contribution in [1.82, 2.24) is 4.90 Å². The number of benzene rings is 1. The number of hydrogen-bond donors (Lipinski definition) is 0. The van der Waals surface area contributed by atoms with Gasteiger partial charge in [0, 0.05) is 18.2 Å². The van der Waals surface area contributed by atoms with Gasteiger partial charge in [0.15, 0.2) is 11.5 Å². The summed E-state index contributed by atoms with van der Waals surface area (Å²) in [6.07, 6.45) is 0.754. The summed E-state index contributed by atoms with van der Waals surface area (Å²) >= 11 is 0. The normalized spacial score (nSPS) is 12.7. The summed E-state index contributed by atoms with van der Waals surface area (Å²) in [4.78, 5) is 26.6. The van der Waals surface area contributed by atoms with E-state index >= 15 is 0 Å². The molecule has 0 N–H and O–H groups in total. The van der Waals surface area contributed by atoms with Crippen LogP contribution in [0.5, 0.6) is 17.2 Å². The number of carbonyl (C=O) groups excluding carboxylic acids is 2. The Labute approximate surface area is 155 Å². The molecule has 0 spiro atoms. The molecule has 0 fully saturated rings. The molecule has 0 heterocycles. The van der Waals surface area contributed by atoms with Crippen molar-refractivity contribution in [3.8, 4) is 17.2 Å². The molecule has 146 valence electrons. The molecule has 1 amide bonds. The van der Waals surface area contributed by atoms with Crippen molar-refractivity contribution < 1.29 is 28.5 Å². The molecule has 7 heteroatoms. The molecular formula is C19H29NO6. The van der Waals surface area contributed by atoms with Gasteiger partial charge in [-0.05, 0) is 25.5 Å². The largest absolute Gasteiger partial charge is 0.493 e. The van der Waals surface area contributed by atoms with Gasteiger partial charge in [-0.1, -0.05) is 13.8 Å². The number of esters is 1. The molecule has 2 unspecified atom stereocenters. The number of carbonyl (C=O) groups is 2. The van der Waals surface area contributed by atoms with Crippen LogP contribution >= 0.6 is 0 Å². The van der Waals surface area contributed by atoms with Crippen LogP contribution in [0.4, 0.5) is 0 Å². The number of ether oxygens (including phenoxy) is 4. The number of methoxy groups -OCH3 is 4. The van der Waals surface area contributed by atoms with Crippen LogP contribution in [-0.4, -0.2) is 57.8 Å². The van der Waals surface area contributed by atoms with Crippen molar-refractivity contribution in [2.45, 2.75) is 33.2 Å². The molecule has 2 atom stereocenters. The highest BCUT2D eigenvalue weighted by molar-refractivity contribution is 5.96. The lowest BCUT2D eigenvalue weighted by atomic mass is 10.1. The minimum absolute atomic E-state index is 0.0475. The van der Waals surface area contributed by atoms with Gasteiger partial charge in [-0.2, -0.15) is 0 Å². The monoisotopic (exact) mass is 367 g/mol. The Hall–Kier alpha value is -2.44. The molecule has 0 aliphatic rings. The summed E-state index contributed by atoms with van der Waals surface area (Å²) in [6.45, 7) is 5.93. The van der Waals surface area contributed by atoms with Gasteiger partial charge in [-0.25, -0.2) is 0 Å². The molecule has 0 aromatic heterocycles. The highest BCUT2D eigenvalue weighted by atomic mass is 16.5. The first-order valence-electron chi connectivity index (χ1n) is 8.53. The zero-order valence-electron chi connectivity index (χ0n) is 16.6. The predicted octanol–water partition coefficient (Wildman–Crippen LogP) is 2.76. The average Bonchev–Trinajstić information content (AvgIpc) is 2.68. The summed E-state index contributed by atoms with van der Waals surface area (Å²) in [5.74, 6) is 0.232. The average molecular weight is 367 g/mol. The fourth-order valence-corrected chi connectivity index (χ4v) is 2.62. The fraction of sp³-hybridized carbons (Fsp3) is 0.579. The van der Waals surface area contributed by atoms with Crippen LogP contribution in [0.1, 0.15) is 37.6 Å². The molecule has 0 radical (unpaired) electrons. The third kappa shape index (κ3) is 4.80. The van der Waals surface area contributed by atoms with E-state index in [0.29, 0.717) is 22.8 Å². The number of amides is 1. The maximum atomic E-state index is 13.1. The van der Waals surface area contributed by atoms with Crippen LogP contribution in [0.25, 0.3) is 0 Å². The Kier molecular flexibility index (Phi) is 8.22. The SMILES string of the molecule is CCC(C)N(CC(C)C(=O)OC)C(=O)c1cc(OC)c(OC)c(OC)c1. The fourth-order valence-electron chi connectivity index (χ4n) is 2.62. The van der Waals surface area contributed by atoms with E-state index in [2.05, 4.69) is 0 Å². The van der Waals surface area contributed by atoms with Gasteiger partial charge in [0.1, 0.15) is 0 Å². The number of nitrogens with zero attached hydrogens (tertiary/aromatic N) is 1. The molecule has 0 saturated heterocycles. The first-order chi connectivity index (χ1) is 12.3. The Morgan fingerprint density at radius 3 is 1.92 bits per heavy atom. The van der Waals surface area contributed by atoms with E-state index in [-0.39, 0.29) is 24.5 Å². The lowest BCUT2D eigenvalue weighted by Crippen LogP contribution is -2.42. The van der Waals surface area contributed by atoms with Crippen molar-refractivity contribution in [3.63, 3.8) is 0 Å². The van der Waals surface area contributed by atoms with Crippen LogP contribution in [-0.2, 0) is 9.53 Å². The second kappa shape index (κ2) is 9.89. The molecule has 1 aromatic rings. The van der Waals surface area contributed by atoms with E-state index in [0.717, 1.165) is 6.42 Å². The Morgan fingerprint density at radius 1 is 1.00 bits per heavy atom. The maximum Gasteiger partial charge on any atom is 0.310 e. The lowest BCUT2D eigenvalue weighted by Gasteiger charge is -2.31. The first-order valence-corrected chi connectivity index (χ1v) is 8.53. The third-order valence-corrected chi connectivity index (χ3v) is 4.37. The topological polar surface area (TPSA) is 74.3 Å². The summed E-state index contributed by atoms with van der Waals surface area (Å²) in [5.41, 5.74) is 0.400. The zero-order chi connectivity index (χ0) is 19.9. The summed E-state index contributed by atoms with van der Waals surface area (Å²) in [7, 11) is 5.84. The smallest absolute Gasteiger partial charge is 0.310 e.